The zero-order valence-electron chi connectivity index (χ0n) is 18.3. The Morgan fingerprint density at radius 1 is 1.07 bits per heavy atom. The standard InChI is InChI=1S/C22H32N2O6/c1-15(2)11-18(24-21(28)29-14-16-9-7-6-8-10-16)20(27)23-17(13-25)12-19(26)30-22(3,4)5/h6-10,13,15,17-18H,11-12,14H2,1-5H3,(H,23,27)(H,24,28)/t17-,18?/m0/s1. The Hall–Kier alpha value is -2.90. The summed E-state index contributed by atoms with van der Waals surface area (Å²) in [6.07, 6.45) is -0.222. The molecular formula is C22H32N2O6. The van der Waals surface area contributed by atoms with Gasteiger partial charge in [-0.2, -0.15) is 0 Å². The Kier molecular flexibility index (Phi) is 10.0. The zero-order chi connectivity index (χ0) is 22.7. The zero-order valence-corrected chi connectivity index (χ0v) is 18.3. The molecule has 30 heavy (non-hydrogen) atoms. The molecule has 1 aromatic rings. The SMILES string of the molecule is CC(C)CC(NC(=O)OCc1ccccc1)C(=O)N[C@H](C=O)CC(=O)OC(C)(C)C. The van der Waals surface area contributed by atoms with Gasteiger partial charge in [0.25, 0.3) is 0 Å². The third-order valence-electron chi connectivity index (χ3n) is 3.83. The van der Waals surface area contributed by atoms with Crippen LogP contribution in [0, 0.1) is 5.92 Å². The van der Waals surface area contributed by atoms with Crippen LogP contribution in [0.4, 0.5) is 4.79 Å². The van der Waals surface area contributed by atoms with E-state index >= 15 is 0 Å². The number of alkyl carbamates (subject to hydrolysis) is 1. The summed E-state index contributed by atoms with van der Waals surface area (Å²) in [5, 5.41) is 5.02. The lowest BCUT2D eigenvalue weighted by Crippen LogP contribution is -2.51. The molecule has 1 aromatic carbocycles. The van der Waals surface area contributed by atoms with E-state index in [2.05, 4.69) is 10.6 Å². The molecule has 8 heteroatoms. The van der Waals surface area contributed by atoms with Crippen LogP contribution in [0.5, 0.6) is 0 Å². The van der Waals surface area contributed by atoms with E-state index in [1.165, 1.54) is 0 Å². The van der Waals surface area contributed by atoms with Gasteiger partial charge >= 0.3 is 12.1 Å². The molecule has 0 aliphatic rings. The quantitative estimate of drug-likeness (QED) is 0.445. The van der Waals surface area contributed by atoms with E-state index in [0.29, 0.717) is 12.7 Å². The van der Waals surface area contributed by atoms with Crippen molar-refractivity contribution in [3.63, 3.8) is 0 Å². The van der Waals surface area contributed by atoms with Gasteiger partial charge in [0.2, 0.25) is 5.91 Å². The molecular weight excluding hydrogens is 388 g/mol. The van der Waals surface area contributed by atoms with Crippen molar-refractivity contribution in [2.45, 2.75) is 71.8 Å². The highest BCUT2D eigenvalue weighted by molar-refractivity contribution is 5.88. The van der Waals surface area contributed by atoms with Crippen LogP contribution in [-0.4, -0.2) is 41.9 Å². The number of benzene rings is 1. The molecule has 1 rings (SSSR count). The van der Waals surface area contributed by atoms with Crippen molar-refractivity contribution in [2.75, 3.05) is 0 Å². The molecule has 0 bridgehead atoms. The third kappa shape index (κ3) is 10.6. The average Bonchev–Trinajstić information content (AvgIpc) is 2.64. The largest absolute Gasteiger partial charge is 0.460 e. The van der Waals surface area contributed by atoms with Crippen molar-refractivity contribution in [1.82, 2.24) is 10.6 Å². The maximum atomic E-state index is 12.6. The number of hydrogen-bond acceptors (Lipinski definition) is 6. The Bertz CT molecular complexity index is 712. The number of amides is 2. The van der Waals surface area contributed by atoms with Crippen LogP contribution in [0.1, 0.15) is 53.0 Å². The van der Waals surface area contributed by atoms with Gasteiger partial charge in [-0.3, -0.25) is 9.59 Å². The molecule has 0 aromatic heterocycles. The summed E-state index contributed by atoms with van der Waals surface area (Å²) < 4.78 is 10.3. The highest BCUT2D eigenvalue weighted by atomic mass is 16.6. The van der Waals surface area contributed by atoms with Gasteiger partial charge < -0.3 is 24.9 Å². The van der Waals surface area contributed by atoms with Crippen LogP contribution < -0.4 is 10.6 Å². The summed E-state index contributed by atoms with van der Waals surface area (Å²) >= 11 is 0. The number of carbonyl (C=O) groups excluding carboxylic acids is 4. The first-order valence-electron chi connectivity index (χ1n) is 9.95. The Labute approximate surface area is 177 Å². The van der Waals surface area contributed by atoms with Gasteiger partial charge in [-0.25, -0.2) is 4.79 Å². The fourth-order valence-corrected chi connectivity index (χ4v) is 2.59. The lowest BCUT2D eigenvalue weighted by molar-refractivity contribution is -0.156. The molecule has 0 aliphatic carbocycles. The van der Waals surface area contributed by atoms with Gasteiger partial charge in [-0.05, 0) is 38.7 Å². The van der Waals surface area contributed by atoms with Gasteiger partial charge in [0.05, 0.1) is 12.5 Å². The first-order valence-corrected chi connectivity index (χ1v) is 9.95. The van der Waals surface area contributed by atoms with E-state index in [4.69, 9.17) is 9.47 Å². The highest BCUT2D eigenvalue weighted by Gasteiger charge is 2.27. The summed E-state index contributed by atoms with van der Waals surface area (Å²) in [4.78, 5) is 48.0. The maximum absolute atomic E-state index is 12.6. The van der Waals surface area contributed by atoms with Crippen molar-refractivity contribution in [2.24, 2.45) is 5.92 Å². The molecule has 0 heterocycles. The van der Waals surface area contributed by atoms with Crippen LogP contribution in [0.15, 0.2) is 30.3 Å². The molecule has 0 radical (unpaired) electrons. The Balaban J connectivity index is 2.66. The number of ether oxygens (including phenoxy) is 2. The molecule has 8 nitrogen and oxygen atoms in total. The van der Waals surface area contributed by atoms with Gasteiger partial charge in [0.1, 0.15) is 24.5 Å². The Morgan fingerprint density at radius 3 is 2.23 bits per heavy atom. The van der Waals surface area contributed by atoms with E-state index < -0.39 is 35.7 Å². The first-order chi connectivity index (χ1) is 14.0. The summed E-state index contributed by atoms with van der Waals surface area (Å²) in [5.41, 5.74) is 0.120. The molecule has 2 amide bonds. The summed E-state index contributed by atoms with van der Waals surface area (Å²) in [5.74, 6) is -1.08. The van der Waals surface area contributed by atoms with Gasteiger partial charge in [0.15, 0.2) is 0 Å². The molecule has 0 saturated carbocycles. The number of rotatable bonds is 10. The van der Waals surface area contributed by atoms with E-state index in [0.717, 1.165) is 5.56 Å². The predicted octanol–water partition coefficient (Wildman–Crippen LogP) is 2.74. The molecule has 2 N–H and O–H groups in total. The lowest BCUT2D eigenvalue weighted by Gasteiger charge is -2.23. The van der Waals surface area contributed by atoms with Crippen molar-refractivity contribution in [1.29, 1.82) is 0 Å². The molecule has 0 spiro atoms. The molecule has 0 fully saturated rings. The molecule has 0 saturated heterocycles. The van der Waals surface area contributed by atoms with Crippen molar-refractivity contribution < 1.29 is 28.7 Å². The highest BCUT2D eigenvalue weighted by Crippen LogP contribution is 2.10. The number of aldehydes is 1. The average molecular weight is 421 g/mol. The number of carbonyl (C=O) groups is 4. The van der Waals surface area contributed by atoms with Gasteiger partial charge in [-0.1, -0.05) is 44.2 Å². The predicted molar refractivity (Wildman–Crippen MR) is 111 cm³/mol. The van der Waals surface area contributed by atoms with E-state index in [-0.39, 0.29) is 18.9 Å². The number of esters is 1. The van der Waals surface area contributed by atoms with Crippen LogP contribution in [0.3, 0.4) is 0 Å². The van der Waals surface area contributed by atoms with Crippen LogP contribution in [0.2, 0.25) is 0 Å². The third-order valence-corrected chi connectivity index (χ3v) is 3.83. The normalized spacial score (nSPS) is 13.1. The topological polar surface area (TPSA) is 111 Å². The summed E-state index contributed by atoms with van der Waals surface area (Å²) in [6.45, 7) is 9.00. The molecule has 0 aliphatic heterocycles. The number of hydrogen-bond donors (Lipinski definition) is 2. The smallest absolute Gasteiger partial charge is 0.408 e. The second-order valence-corrected chi connectivity index (χ2v) is 8.43. The summed E-state index contributed by atoms with van der Waals surface area (Å²) in [7, 11) is 0. The maximum Gasteiger partial charge on any atom is 0.408 e. The fourth-order valence-electron chi connectivity index (χ4n) is 2.59. The lowest BCUT2D eigenvalue weighted by atomic mass is 10.0. The van der Waals surface area contributed by atoms with E-state index in [9.17, 15) is 19.2 Å². The summed E-state index contributed by atoms with van der Waals surface area (Å²) in [6, 6.07) is 7.19. The van der Waals surface area contributed by atoms with Crippen molar-refractivity contribution >= 4 is 24.3 Å². The molecule has 166 valence electrons. The minimum absolute atomic E-state index is 0.0678. The Morgan fingerprint density at radius 2 is 1.70 bits per heavy atom. The van der Waals surface area contributed by atoms with E-state index in [1.807, 2.05) is 44.2 Å². The fraction of sp³-hybridized carbons (Fsp3) is 0.545. The van der Waals surface area contributed by atoms with Crippen LogP contribution in [-0.2, 0) is 30.5 Å². The number of nitrogens with one attached hydrogen (secondary N) is 2. The minimum Gasteiger partial charge on any atom is -0.460 e. The molecule has 1 unspecified atom stereocenters. The van der Waals surface area contributed by atoms with Gasteiger partial charge in [-0.15, -0.1) is 0 Å². The van der Waals surface area contributed by atoms with Crippen molar-refractivity contribution in [3.8, 4) is 0 Å². The van der Waals surface area contributed by atoms with Crippen LogP contribution in [0.25, 0.3) is 0 Å². The monoisotopic (exact) mass is 420 g/mol. The second kappa shape index (κ2) is 11.9. The van der Waals surface area contributed by atoms with E-state index in [1.54, 1.807) is 20.8 Å². The minimum atomic E-state index is -1.05. The molecule has 2 atom stereocenters. The first kappa shape index (κ1) is 25.1. The van der Waals surface area contributed by atoms with Gasteiger partial charge in [0, 0.05) is 0 Å². The second-order valence-electron chi connectivity index (χ2n) is 8.43. The van der Waals surface area contributed by atoms with Crippen molar-refractivity contribution in [3.05, 3.63) is 35.9 Å². The van der Waals surface area contributed by atoms with Crippen LogP contribution >= 0.6 is 0 Å².